The number of amides is 3. The van der Waals surface area contributed by atoms with E-state index in [1.807, 2.05) is 78.9 Å². The van der Waals surface area contributed by atoms with Crippen molar-refractivity contribution in [3.8, 4) is 17.2 Å². The van der Waals surface area contributed by atoms with Gasteiger partial charge >= 0.3 is 0 Å². The van der Waals surface area contributed by atoms with Crippen molar-refractivity contribution in [3.05, 3.63) is 90.0 Å². The minimum atomic E-state index is -1.04. The van der Waals surface area contributed by atoms with Crippen molar-refractivity contribution in [2.75, 3.05) is 18.5 Å². The second-order valence-electron chi connectivity index (χ2n) is 8.82. The van der Waals surface area contributed by atoms with Crippen LogP contribution in [-0.2, 0) is 20.9 Å². The van der Waals surface area contributed by atoms with Crippen molar-refractivity contribution in [2.24, 2.45) is 5.92 Å². The van der Waals surface area contributed by atoms with Gasteiger partial charge in [0.2, 0.25) is 11.8 Å². The van der Waals surface area contributed by atoms with E-state index in [1.54, 1.807) is 11.9 Å². The molecule has 1 aliphatic heterocycles. The first-order chi connectivity index (χ1) is 17.4. The Hall–Kier alpha value is -4.44. The molecule has 0 aliphatic carbocycles. The molecule has 1 heterocycles. The standard InChI is InChI=1S/C29H28N4O3/c1-20(28(35)33(18-10-17-30)19-21-11-4-3-5-12-21)27(34)31-26-24-15-7-6-13-22(24)23-14-8-9-16-25(23)32(2)29(26)36/h3-9,11-16,20,26H,10,18-19H2,1-2H3,(H,31,34). The summed E-state index contributed by atoms with van der Waals surface area (Å²) in [5.74, 6) is -2.26. The summed E-state index contributed by atoms with van der Waals surface area (Å²) >= 11 is 0. The number of likely N-dealkylation sites (N-methyl/N-ethyl adjacent to an activating group) is 1. The molecular formula is C29H28N4O3. The normalized spacial score (nSPS) is 15.1. The van der Waals surface area contributed by atoms with E-state index in [9.17, 15) is 14.4 Å². The molecule has 0 aromatic heterocycles. The Morgan fingerprint density at radius 1 is 1.00 bits per heavy atom. The zero-order valence-electron chi connectivity index (χ0n) is 20.3. The summed E-state index contributed by atoms with van der Waals surface area (Å²) in [6.45, 7) is 2.04. The molecule has 36 heavy (non-hydrogen) atoms. The number of carbonyl (C=O) groups excluding carboxylic acids is 3. The summed E-state index contributed by atoms with van der Waals surface area (Å²) in [6.07, 6.45) is 0.157. The lowest BCUT2D eigenvalue weighted by molar-refractivity contribution is -0.143. The summed E-state index contributed by atoms with van der Waals surface area (Å²) in [5.41, 5.74) is 4.09. The van der Waals surface area contributed by atoms with E-state index >= 15 is 0 Å². The van der Waals surface area contributed by atoms with E-state index < -0.39 is 23.8 Å². The molecule has 2 unspecified atom stereocenters. The molecule has 2 atom stereocenters. The molecule has 1 N–H and O–H groups in total. The lowest BCUT2D eigenvalue weighted by atomic mass is 9.95. The van der Waals surface area contributed by atoms with E-state index in [0.29, 0.717) is 12.1 Å². The molecule has 7 nitrogen and oxygen atoms in total. The third kappa shape index (κ3) is 4.98. The average molecular weight is 481 g/mol. The summed E-state index contributed by atoms with van der Waals surface area (Å²) in [7, 11) is 1.68. The Kier molecular flexibility index (Phi) is 7.45. The van der Waals surface area contributed by atoms with Crippen LogP contribution in [0.3, 0.4) is 0 Å². The second kappa shape index (κ2) is 10.9. The highest BCUT2D eigenvalue weighted by atomic mass is 16.2. The monoisotopic (exact) mass is 480 g/mol. The topological polar surface area (TPSA) is 93.5 Å². The minimum Gasteiger partial charge on any atom is -0.340 e. The van der Waals surface area contributed by atoms with Gasteiger partial charge in [0, 0.05) is 25.7 Å². The molecule has 0 fully saturated rings. The molecule has 0 spiro atoms. The van der Waals surface area contributed by atoms with Crippen LogP contribution in [0.15, 0.2) is 78.9 Å². The largest absolute Gasteiger partial charge is 0.340 e. The van der Waals surface area contributed by atoms with Crippen LogP contribution >= 0.6 is 0 Å². The first-order valence-electron chi connectivity index (χ1n) is 11.9. The molecule has 1 aliphatic rings. The van der Waals surface area contributed by atoms with Crippen molar-refractivity contribution in [1.82, 2.24) is 10.2 Å². The number of carbonyl (C=O) groups is 3. The van der Waals surface area contributed by atoms with Crippen LogP contribution in [0.25, 0.3) is 11.1 Å². The van der Waals surface area contributed by atoms with Crippen LogP contribution in [0.1, 0.15) is 30.5 Å². The molecule has 0 saturated carbocycles. The number of hydrogen-bond donors (Lipinski definition) is 1. The number of nitrogens with zero attached hydrogens (tertiary/aromatic N) is 3. The fourth-order valence-electron chi connectivity index (χ4n) is 4.48. The Bertz CT molecular complexity index is 1320. The molecule has 3 aromatic carbocycles. The van der Waals surface area contributed by atoms with Gasteiger partial charge in [0.25, 0.3) is 5.91 Å². The van der Waals surface area contributed by atoms with Gasteiger partial charge in [-0.3, -0.25) is 14.4 Å². The van der Waals surface area contributed by atoms with E-state index in [-0.39, 0.29) is 18.9 Å². The van der Waals surface area contributed by atoms with Gasteiger partial charge in [-0.1, -0.05) is 72.8 Å². The Labute approximate surface area is 211 Å². The molecule has 4 rings (SSSR count). The van der Waals surface area contributed by atoms with Crippen molar-refractivity contribution in [3.63, 3.8) is 0 Å². The number of nitrogens with one attached hydrogen (secondary N) is 1. The molecule has 3 aromatic rings. The van der Waals surface area contributed by atoms with Gasteiger partial charge in [-0.05, 0) is 29.7 Å². The number of benzene rings is 3. The van der Waals surface area contributed by atoms with Crippen LogP contribution in [0.5, 0.6) is 0 Å². The summed E-state index contributed by atoms with van der Waals surface area (Å²) in [5, 5.41) is 11.9. The minimum absolute atomic E-state index is 0.157. The summed E-state index contributed by atoms with van der Waals surface area (Å²) < 4.78 is 0. The third-order valence-electron chi connectivity index (χ3n) is 6.48. The average Bonchev–Trinajstić information content (AvgIpc) is 3.00. The predicted octanol–water partition coefficient (Wildman–Crippen LogP) is 4.07. The molecule has 0 bridgehead atoms. The van der Waals surface area contributed by atoms with Gasteiger partial charge in [-0.25, -0.2) is 0 Å². The fourth-order valence-corrected chi connectivity index (χ4v) is 4.48. The lowest BCUT2D eigenvalue weighted by Gasteiger charge is -2.27. The highest BCUT2D eigenvalue weighted by molar-refractivity contribution is 6.07. The zero-order chi connectivity index (χ0) is 25.7. The van der Waals surface area contributed by atoms with Crippen molar-refractivity contribution >= 4 is 23.4 Å². The van der Waals surface area contributed by atoms with Gasteiger partial charge in [0.15, 0.2) is 0 Å². The van der Waals surface area contributed by atoms with Crippen LogP contribution in [0.4, 0.5) is 5.69 Å². The first kappa shape index (κ1) is 24.7. The van der Waals surface area contributed by atoms with Crippen molar-refractivity contribution in [1.29, 1.82) is 5.26 Å². The van der Waals surface area contributed by atoms with E-state index in [4.69, 9.17) is 5.26 Å². The van der Waals surface area contributed by atoms with Gasteiger partial charge in [-0.15, -0.1) is 0 Å². The maximum atomic E-state index is 13.5. The smallest absolute Gasteiger partial charge is 0.253 e. The van der Waals surface area contributed by atoms with E-state index in [1.165, 1.54) is 11.8 Å². The maximum absolute atomic E-state index is 13.5. The Morgan fingerprint density at radius 2 is 1.64 bits per heavy atom. The molecule has 3 amide bonds. The highest BCUT2D eigenvalue weighted by Crippen LogP contribution is 2.39. The summed E-state index contributed by atoms with van der Waals surface area (Å²) in [4.78, 5) is 43.2. The number of rotatable bonds is 7. The predicted molar refractivity (Wildman–Crippen MR) is 137 cm³/mol. The van der Waals surface area contributed by atoms with Gasteiger partial charge in [0.1, 0.15) is 12.0 Å². The zero-order valence-corrected chi connectivity index (χ0v) is 20.3. The first-order valence-corrected chi connectivity index (χ1v) is 11.9. The molecular weight excluding hydrogens is 452 g/mol. The van der Waals surface area contributed by atoms with E-state index in [2.05, 4.69) is 11.4 Å². The Balaban J connectivity index is 1.59. The van der Waals surface area contributed by atoms with Crippen LogP contribution in [-0.4, -0.2) is 36.2 Å². The van der Waals surface area contributed by atoms with Gasteiger partial charge < -0.3 is 15.1 Å². The Morgan fingerprint density at radius 3 is 2.36 bits per heavy atom. The SMILES string of the molecule is CC(C(=O)NC1C(=O)N(C)c2ccccc2-c2ccccc21)C(=O)N(CCC#N)Cc1ccccc1. The van der Waals surface area contributed by atoms with E-state index in [0.717, 1.165) is 22.4 Å². The van der Waals surface area contributed by atoms with Gasteiger partial charge in [-0.2, -0.15) is 5.26 Å². The van der Waals surface area contributed by atoms with Crippen molar-refractivity contribution in [2.45, 2.75) is 25.9 Å². The van der Waals surface area contributed by atoms with Crippen molar-refractivity contribution < 1.29 is 14.4 Å². The van der Waals surface area contributed by atoms with Gasteiger partial charge in [0.05, 0.1) is 18.2 Å². The highest BCUT2D eigenvalue weighted by Gasteiger charge is 2.35. The third-order valence-corrected chi connectivity index (χ3v) is 6.48. The lowest BCUT2D eigenvalue weighted by Crippen LogP contribution is -2.46. The number of anilines is 1. The molecule has 0 radical (unpaired) electrons. The molecule has 7 heteroatoms. The number of nitriles is 1. The number of hydrogen-bond acceptors (Lipinski definition) is 4. The number of fused-ring (bicyclic) bond motifs is 3. The molecule has 0 saturated heterocycles. The summed E-state index contributed by atoms with van der Waals surface area (Å²) in [6, 6.07) is 25.6. The second-order valence-corrected chi connectivity index (χ2v) is 8.82. The fraction of sp³-hybridized carbons (Fsp3) is 0.241. The van der Waals surface area contributed by atoms with Crippen LogP contribution < -0.4 is 10.2 Å². The number of para-hydroxylation sites is 1. The maximum Gasteiger partial charge on any atom is 0.253 e. The molecule has 182 valence electrons. The van der Waals surface area contributed by atoms with Crippen LogP contribution in [0.2, 0.25) is 0 Å². The quantitative estimate of drug-likeness (QED) is 0.516. The van der Waals surface area contributed by atoms with Crippen LogP contribution in [0, 0.1) is 17.2 Å².